The van der Waals surface area contributed by atoms with Crippen LogP contribution in [0, 0.1) is 11.3 Å². The summed E-state index contributed by atoms with van der Waals surface area (Å²) in [6.07, 6.45) is 6.18. The summed E-state index contributed by atoms with van der Waals surface area (Å²) in [5.74, 6) is 2.06. The van der Waals surface area contributed by atoms with Gasteiger partial charge in [-0.2, -0.15) is 36.7 Å². The van der Waals surface area contributed by atoms with E-state index in [0.717, 1.165) is 48.1 Å². The molecular weight excluding hydrogens is 579 g/mol. The highest BCUT2D eigenvalue weighted by Gasteiger charge is 2.28. The molecule has 233 valence electrons. The molecule has 1 fully saturated rings. The number of carbonyl (C=O) groups excluding carboxylic acids is 2. The number of amides is 2. The Morgan fingerprint density at radius 3 is 2.58 bits per heavy atom. The summed E-state index contributed by atoms with van der Waals surface area (Å²) in [5.41, 5.74) is 3.84. The molecule has 11 heteroatoms. The average Bonchev–Trinajstić information content (AvgIpc) is 3.38. The quantitative estimate of drug-likeness (QED) is 0.238. The number of rotatable bonds is 9. The van der Waals surface area contributed by atoms with Crippen LogP contribution in [0.3, 0.4) is 0 Å². The standard InChI is InChI=1S/C32H45N5O4SSi/c1-32(2,3)41-31(39)36-13-9-23(10-14-36)25-7-8-28(27(19-25)24-11-16-42-17-12-24)35-30(38)29-34-26(20-33)21-37(29)22-40-15-18-43(4,5)6/h7-8,11,19,21,23H,9-10,12-18,22H2,1-6H3,(H,35,38)/q-1. The zero-order chi connectivity index (χ0) is 31.2. The van der Waals surface area contributed by atoms with Crippen molar-refractivity contribution in [2.24, 2.45) is 0 Å². The first-order valence-corrected chi connectivity index (χ1v) is 19.9. The zero-order valence-electron chi connectivity index (χ0n) is 26.4. The van der Waals surface area contributed by atoms with E-state index in [1.54, 1.807) is 15.7 Å². The van der Waals surface area contributed by atoms with Gasteiger partial charge in [0.05, 0.1) is 0 Å². The molecule has 4 rings (SSSR count). The van der Waals surface area contributed by atoms with Gasteiger partial charge in [0.15, 0.2) is 5.69 Å². The molecule has 1 aromatic heterocycles. The van der Waals surface area contributed by atoms with Gasteiger partial charge in [0, 0.05) is 42.9 Å². The predicted octanol–water partition coefficient (Wildman–Crippen LogP) is 6.95. The lowest BCUT2D eigenvalue weighted by molar-refractivity contribution is 0.0204. The van der Waals surface area contributed by atoms with Crippen molar-refractivity contribution in [1.82, 2.24) is 14.5 Å². The highest BCUT2D eigenvalue weighted by atomic mass is 32.2. The van der Waals surface area contributed by atoms with Gasteiger partial charge in [-0.1, -0.05) is 12.1 Å². The third-order valence-electron chi connectivity index (χ3n) is 7.54. The van der Waals surface area contributed by atoms with Crippen LogP contribution >= 0.6 is 11.8 Å². The Labute approximate surface area is 261 Å². The van der Waals surface area contributed by atoms with Gasteiger partial charge in [0.25, 0.3) is 5.91 Å². The molecule has 1 saturated heterocycles. The van der Waals surface area contributed by atoms with E-state index in [0.29, 0.717) is 25.6 Å². The Morgan fingerprint density at radius 2 is 1.95 bits per heavy atom. The summed E-state index contributed by atoms with van der Waals surface area (Å²) >= 11 is 1.90. The van der Waals surface area contributed by atoms with Gasteiger partial charge in [-0.05, 0) is 75.0 Å². The lowest BCUT2D eigenvalue weighted by Crippen LogP contribution is -2.41. The molecule has 0 spiro atoms. The van der Waals surface area contributed by atoms with Gasteiger partial charge in [-0.3, -0.25) is 4.79 Å². The molecular formula is C32H45N5O4SSi-. The highest BCUT2D eigenvalue weighted by molar-refractivity contribution is 7.99. The first-order chi connectivity index (χ1) is 20.3. The molecule has 0 aliphatic carbocycles. The van der Waals surface area contributed by atoms with Crippen molar-refractivity contribution in [2.75, 3.05) is 36.5 Å². The molecule has 0 bridgehead atoms. The number of ether oxygens (including phenoxy) is 2. The number of nitrogens with one attached hydrogen (secondary N) is 1. The Morgan fingerprint density at radius 1 is 1.21 bits per heavy atom. The van der Waals surface area contributed by atoms with Crippen LogP contribution in [0.2, 0.25) is 25.7 Å². The molecule has 2 amide bonds. The largest absolute Gasteiger partial charge is 0.444 e. The fourth-order valence-corrected chi connectivity index (χ4v) is 6.76. The van der Waals surface area contributed by atoms with E-state index in [4.69, 9.17) is 9.47 Å². The summed E-state index contributed by atoms with van der Waals surface area (Å²) in [6, 6.07) is 9.32. The van der Waals surface area contributed by atoms with Crippen LogP contribution in [0.5, 0.6) is 0 Å². The lowest BCUT2D eigenvalue weighted by Gasteiger charge is -2.34. The number of thioether (sulfide) groups is 1. The summed E-state index contributed by atoms with van der Waals surface area (Å²) < 4.78 is 13.0. The van der Waals surface area contributed by atoms with E-state index in [1.165, 1.54) is 11.1 Å². The van der Waals surface area contributed by atoms with Gasteiger partial charge in [0.2, 0.25) is 5.82 Å². The molecule has 0 unspecified atom stereocenters. The second-order valence-electron chi connectivity index (χ2n) is 13.4. The summed E-state index contributed by atoms with van der Waals surface area (Å²) in [5, 5.41) is 12.6. The maximum atomic E-state index is 13.6. The van der Waals surface area contributed by atoms with Crippen molar-refractivity contribution in [3.63, 3.8) is 0 Å². The van der Waals surface area contributed by atoms with E-state index in [1.807, 2.05) is 44.7 Å². The molecule has 2 aromatic rings. The number of hydrogen-bond donors (Lipinski definition) is 1. The number of carbonyl (C=O) groups is 2. The van der Waals surface area contributed by atoms with E-state index in [2.05, 4.69) is 48.2 Å². The van der Waals surface area contributed by atoms with Crippen LogP contribution in [0.25, 0.3) is 5.57 Å². The predicted molar refractivity (Wildman–Crippen MR) is 175 cm³/mol. The number of hydrogen-bond acceptors (Lipinski definition) is 7. The molecule has 0 radical (unpaired) electrons. The van der Waals surface area contributed by atoms with Gasteiger partial charge in [-0.25, -0.2) is 9.78 Å². The van der Waals surface area contributed by atoms with Gasteiger partial charge < -0.3 is 24.3 Å². The minimum Gasteiger partial charge on any atom is -0.444 e. The minimum absolute atomic E-state index is 0.155. The molecule has 9 nitrogen and oxygen atoms in total. The third-order valence-corrected chi connectivity index (χ3v) is 10.1. The molecule has 0 saturated carbocycles. The van der Waals surface area contributed by atoms with Crippen LogP contribution in [-0.2, 0) is 16.2 Å². The smallest absolute Gasteiger partial charge is 0.410 e. The number of aromatic nitrogens is 2. The van der Waals surface area contributed by atoms with E-state index >= 15 is 0 Å². The maximum absolute atomic E-state index is 13.6. The van der Waals surface area contributed by atoms with Crippen molar-refractivity contribution in [1.29, 1.82) is 5.26 Å². The number of nitriles is 1. The van der Waals surface area contributed by atoms with E-state index < -0.39 is 13.7 Å². The van der Waals surface area contributed by atoms with Crippen LogP contribution in [0.15, 0.2) is 30.5 Å². The van der Waals surface area contributed by atoms with Crippen LogP contribution in [-0.4, -0.2) is 71.3 Å². The maximum Gasteiger partial charge on any atom is 0.410 e. The number of piperidine rings is 1. The fraction of sp³-hybridized carbons (Fsp3) is 0.562. The molecule has 1 N–H and O–H groups in total. The summed E-state index contributed by atoms with van der Waals surface area (Å²) in [4.78, 5) is 32.2. The SMILES string of the molecule is CC(C)(C)OC(=O)N1CCC(c2ccc(NC(=O)c3nc(C#N)cn3COCC[Si-](C)(C)C)c(C3=CCSCC3)c2)CC1. The van der Waals surface area contributed by atoms with Gasteiger partial charge >= 0.3 is 6.09 Å². The van der Waals surface area contributed by atoms with Crippen molar-refractivity contribution in [2.45, 2.75) is 84.0 Å². The summed E-state index contributed by atoms with van der Waals surface area (Å²) in [7, 11) is -1.25. The first kappa shape index (κ1) is 32.8. The number of benzene rings is 1. The number of likely N-dealkylation sites (tertiary alicyclic amines) is 1. The van der Waals surface area contributed by atoms with Crippen molar-refractivity contribution in [3.05, 3.63) is 53.1 Å². The monoisotopic (exact) mass is 623 g/mol. The normalized spacial score (nSPS) is 16.4. The first-order valence-electron chi connectivity index (χ1n) is 15.1. The Kier molecular flexibility index (Phi) is 10.8. The molecule has 2 aliphatic heterocycles. The topological polar surface area (TPSA) is 109 Å². The third kappa shape index (κ3) is 9.45. The number of imidazole rings is 1. The van der Waals surface area contributed by atoms with Crippen LogP contribution in [0.1, 0.15) is 73.4 Å². The molecule has 0 atom stereocenters. The minimum atomic E-state index is -1.25. The number of nitrogens with zero attached hydrogens (tertiary/aromatic N) is 4. The number of anilines is 1. The lowest BCUT2D eigenvalue weighted by atomic mass is 9.87. The second-order valence-corrected chi connectivity index (χ2v) is 20.2. The average molecular weight is 624 g/mol. The van der Waals surface area contributed by atoms with Gasteiger partial charge in [-0.15, -0.1) is 14.1 Å². The van der Waals surface area contributed by atoms with Gasteiger partial charge in [0.1, 0.15) is 18.4 Å². The molecule has 43 heavy (non-hydrogen) atoms. The highest BCUT2D eigenvalue weighted by Crippen LogP contribution is 2.36. The van der Waals surface area contributed by atoms with E-state index in [9.17, 15) is 14.9 Å². The van der Waals surface area contributed by atoms with Crippen LogP contribution in [0.4, 0.5) is 10.5 Å². The zero-order valence-corrected chi connectivity index (χ0v) is 28.2. The Bertz CT molecular complexity index is 1380. The van der Waals surface area contributed by atoms with Crippen molar-refractivity contribution >= 4 is 43.1 Å². The van der Waals surface area contributed by atoms with Crippen molar-refractivity contribution in [3.8, 4) is 6.07 Å². The molecule has 3 heterocycles. The molecule has 1 aromatic carbocycles. The van der Waals surface area contributed by atoms with E-state index in [-0.39, 0.29) is 30.2 Å². The Hall–Kier alpha value is -3.07. The van der Waals surface area contributed by atoms with Crippen LogP contribution < -0.4 is 5.32 Å². The van der Waals surface area contributed by atoms with Crippen molar-refractivity contribution < 1.29 is 19.1 Å². The second kappa shape index (κ2) is 14.1. The number of allylic oxidation sites excluding steroid dienone is 1. The summed E-state index contributed by atoms with van der Waals surface area (Å²) in [6.45, 7) is 14.6. The fourth-order valence-electron chi connectivity index (χ4n) is 5.15. The molecule has 2 aliphatic rings. The Balaban J connectivity index is 1.51.